The molecule has 8 heteroatoms. The molecule has 0 unspecified atom stereocenters. The molecule has 0 radical (unpaired) electrons. The second-order valence-corrected chi connectivity index (χ2v) is 12.8. The first-order valence-electron chi connectivity index (χ1n) is 6.49. The van der Waals surface area contributed by atoms with Gasteiger partial charge in [0.2, 0.25) is 0 Å². The number of ether oxygens (including phenoxy) is 1. The monoisotopic (exact) mass is 309 g/mol. The van der Waals surface area contributed by atoms with Gasteiger partial charge in [-0.15, -0.1) is 0 Å². The fraction of sp³-hybridized carbons (Fsp3) is 0.909. The molecule has 0 spiro atoms. The smallest absolute Gasteiger partial charge is 0.450 e. The molecule has 0 heterocycles. The van der Waals surface area contributed by atoms with E-state index in [1.165, 1.54) is 0 Å². The summed E-state index contributed by atoms with van der Waals surface area (Å²) in [5.74, 6) is 0. The van der Waals surface area contributed by atoms with Crippen molar-refractivity contribution in [2.75, 3.05) is 27.4 Å². The van der Waals surface area contributed by atoms with E-state index in [2.05, 4.69) is 25.0 Å². The highest BCUT2D eigenvalue weighted by atomic mass is 28.5. The summed E-state index contributed by atoms with van der Waals surface area (Å²) in [6.07, 6.45) is 0.340. The molecule has 19 heavy (non-hydrogen) atoms. The molecule has 0 rings (SSSR count). The molecular formula is C11H27NO5Si2. The van der Waals surface area contributed by atoms with Gasteiger partial charge in [-0.2, -0.15) is 0 Å². The molecule has 0 aromatic carbocycles. The Morgan fingerprint density at radius 1 is 1.16 bits per heavy atom. The number of hydrogen-bond donors (Lipinski definition) is 1. The Hall–Kier alpha value is -0.416. The molecule has 0 aliphatic carbocycles. The van der Waals surface area contributed by atoms with Gasteiger partial charge < -0.3 is 23.0 Å². The van der Waals surface area contributed by atoms with Crippen LogP contribution in [0.1, 0.15) is 13.3 Å². The van der Waals surface area contributed by atoms with Crippen molar-refractivity contribution in [1.82, 2.24) is 5.32 Å². The van der Waals surface area contributed by atoms with Gasteiger partial charge >= 0.3 is 14.9 Å². The van der Waals surface area contributed by atoms with E-state index in [9.17, 15) is 4.79 Å². The average molecular weight is 310 g/mol. The molecule has 0 fully saturated rings. The first kappa shape index (κ1) is 18.6. The molecule has 0 aromatic rings. The van der Waals surface area contributed by atoms with Gasteiger partial charge in [0.15, 0.2) is 8.32 Å². The van der Waals surface area contributed by atoms with Crippen LogP contribution in [-0.2, 0) is 17.7 Å². The van der Waals surface area contributed by atoms with Crippen molar-refractivity contribution < 1.29 is 22.5 Å². The van der Waals surface area contributed by atoms with Crippen LogP contribution in [0.25, 0.3) is 0 Å². The van der Waals surface area contributed by atoms with Crippen LogP contribution in [0.4, 0.5) is 4.79 Å². The minimum Gasteiger partial charge on any atom is -0.450 e. The van der Waals surface area contributed by atoms with Gasteiger partial charge in [-0.25, -0.2) is 4.79 Å². The maximum absolute atomic E-state index is 11.1. The van der Waals surface area contributed by atoms with Crippen molar-refractivity contribution >= 4 is 23.2 Å². The molecule has 0 saturated heterocycles. The molecule has 0 aliphatic rings. The minimum absolute atomic E-state index is 0.374. The Kier molecular flexibility index (Phi) is 8.50. The quantitative estimate of drug-likeness (QED) is 0.522. The molecule has 1 N–H and O–H groups in total. The SMILES string of the molecule is CCOC(=O)NCCC[Si](OC)(OC)O[Si](C)(C)C. The van der Waals surface area contributed by atoms with Gasteiger partial charge in [0.25, 0.3) is 0 Å². The van der Waals surface area contributed by atoms with E-state index in [0.29, 0.717) is 19.2 Å². The molecule has 1 amide bonds. The fourth-order valence-electron chi connectivity index (χ4n) is 1.57. The third-order valence-electron chi connectivity index (χ3n) is 2.29. The molecule has 0 atom stereocenters. The maximum atomic E-state index is 11.1. The summed E-state index contributed by atoms with van der Waals surface area (Å²) in [6.45, 7) is 8.97. The highest BCUT2D eigenvalue weighted by Crippen LogP contribution is 2.21. The summed E-state index contributed by atoms with van der Waals surface area (Å²) in [4.78, 5) is 11.1. The largest absolute Gasteiger partial charge is 0.490 e. The van der Waals surface area contributed by atoms with E-state index in [-0.39, 0.29) is 0 Å². The van der Waals surface area contributed by atoms with Crippen LogP contribution >= 0.6 is 0 Å². The summed E-state index contributed by atoms with van der Waals surface area (Å²) in [5, 5.41) is 2.67. The summed E-state index contributed by atoms with van der Waals surface area (Å²) in [5.41, 5.74) is 0. The Balaban J connectivity index is 4.18. The average Bonchev–Trinajstić information content (AvgIpc) is 2.32. The van der Waals surface area contributed by atoms with Crippen molar-refractivity contribution in [3.05, 3.63) is 0 Å². The van der Waals surface area contributed by atoms with E-state index in [1.807, 2.05) is 0 Å². The predicted octanol–water partition coefficient (Wildman–Crippen LogP) is 2.21. The summed E-state index contributed by atoms with van der Waals surface area (Å²) in [6, 6.07) is 0.677. The number of rotatable bonds is 9. The van der Waals surface area contributed by atoms with Crippen LogP contribution in [0.15, 0.2) is 0 Å². The highest BCUT2D eigenvalue weighted by Gasteiger charge is 2.42. The van der Waals surface area contributed by atoms with Gasteiger partial charge in [-0.3, -0.25) is 0 Å². The van der Waals surface area contributed by atoms with Gasteiger partial charge in [-0.1, -0.05) is 0 Å². The molecular weight excluding hydrogens is 282 g/mol. The Labute approximate surface area is 118 Å². The predicted molar refractivity (Wildman–Crippen MR) is 78.7 cm³/mol. The van der Waals surface area contributed by atoms with Crippen molar-refractivity contribution in [2.45, 2.75) is 39.0 Å². The summed E-state index contributed by atoms with van der Waals surface area (Å²) >= 11 is 0. The van der Waals surface area contributed by atoms with Crippen LogP contribution in [0, 0.1) is 0 Å². The molecule has 0 aliphatic heterocycles. The molecule has 0 saturated carbocycles. The second-order valence-electron chi connectivity index (χ2n) is 5.06. The molecule has 6 nitrogen and oxygen atoms in total. The zero-order valence-electron chi connectivity index (χ0n) is 12.9. The van der Waals surface area contributed by atoms with E-state index < -0.39 is 23.2 Å². The van der Waals surface area contributed by atoms with E-state index >= 15 is 0 Å². The van der Waals surface area contributed by atoms with E-state index in [0.717, 1.165) is 6.42 Å². The number of carbonyl (C=O) groups excluding carboxylic acids is 1. The number of alkyl carbamates (subject to hydrolysis) is 1. The number of carbonyl (C=O) groups is 1. The Bertz CT molecular complexity index is 266. The lowest BCUT2D eigenvalue weighted by molar-refractivity contribution is 0.149. The Morgan fingerprint density at radius 3 is 2.16 bits per heavy atom. The first-order chi connectivity index (χ1) is 8.78. The zero-order valence-corrected chi connectivity index (χ0v) is 14.9. The first-order valence-corrected chi connectivity index (χ1v) is 11.8. The van der Waals surface area contributed by atoms with Gasteiger partial charge in [0.1, 0.15) is 0 Å². The Morgan fingerprint density at radius 2 is 1.74 bits per heavy atom. The van der Waals surface area contributed by atoms with Gasteiger partial charge in [0, 0.05) is 26.8 Å². The van der Waals surface area contributed by atoms with Crippen LogP contribution in [0.3, 0.4) is 0 Å². The molecule has 0 aromatic heterocycles. The fourth-order valence-corrected chi connectivity index (χ4v) is 7.56. The van der Waals surface area contributed by atoms with Gasteiger partial charge in [0.05, 0.1) is 6.61 Å². The van der Waals surface area contributed by atoms with Crippen molar-refractivity contribution in [1.29, 1.82) is 0 Å². The molecule has 114 valence electrons. The third kappa shape index (κ3) is 8.37. The van der Waals surface area contributed by atoms with Crippen LogP contribution in [0.5, 0.6) is 0 Å². The zero-order chi connectivity index (χ0) is 14.9. The van der Waals surface area contributed by atoms with Crippen molar-refractivity contribution in [3.8, 4) is 0 Å². The van der Waals surface area contributed by atoms with Crippen LogP contribution < -0.4 is 5.32 Å². The minimum atomic E-state index is -2.60. The normalized spacial score (nSPS) is 12.3. The topological polar surface area (TPSA) is 66.0 Å². The number of nitrogens with one attached hydrogen (secondary N) is 1. The standard InChI is InChI=1S/C11H27NO5Si2/c1-7-16-11(13)12-9-8-10-19(14-2,15-3)17-18(4,5)6/h7-10H2,1-6H3,(H,12,13). The van der Waals surface area contributed by atoms with Crippen molar-refractivity contribution in [3.63, 3.8) is 0 Å². The van der Waals surface area contributed by atoms with E-state index in [1.54, 1.807) is 21.1 Å². The lowest BCUT2D eigenvalue weighted by Crippen LogP contribution is -2.51. The summed E-state index contributed by atoms with van der Waals surface area (Å²) < 4.78 is 21.9. The third-order valence-corrected chi connectivity index (χ3v) is 8.19. The maximum Gasteiger partial charge on any atom is 0.490 e. The summed E-state index contributed by atoms with van der Waals surface area (Å²) in [7, 11) is -1.09. The van der Waals surface area contributed by atoms with Crippen molar-refractivity contribution in [2.24, 2.45) is 0 Å². The highest BCUT2D eigenvalue weighted by molar-refractivity contribution is 6.79. The lowest BCUT2D eigenvalue weighted by Gasteiger charge is -2.33. The van der Waals surface area contributed by atoms with Gasteiger partial charge in [-0.05, 0) is 33.0 Å². The number of amides is 1. The number of hydrogen-bond acceptors (Lipinski definition) is 5. The van der Waals surface area contributed by atoms with Crippen LogP contribution in [-0.4, -0.2) is 50.6 Å². The van der Waals surface area contributed by atoms with Crippen LogP contribution in [0.2, 0.25) is 25.7 Å². The second kappa shape index (κ2) is 8.69. The van der Waals surface area contributed by atoms with E-state index in [4.69, 9.17) is 17.7 Å². The lowest BCUT2D eigenvalue weighted by atomic mass is 10.5. The molecule has 0 bridgehead atoms.